The Balaban J connectivity index is 1.65. The third-order valence-electron chi connectivity index (χ3n) is 5.02. The Bertz CT molecular complexity index is 1430. The van der Waals surface area contributed by atoms with Gasteiger partial charge in [-0.3, -0.25) is 10.1 Å². The highest BCUT2D eigenvalue weighted by Crippen LogP contribution is 2.30. The molecule has 33 heavy (non-hydrogen) atoms. The molecule has 0 saturated carbocycles. The minimum absolute atomic E-state index is 0.0301. The van der Waals surface area contributed by atoms with Crippen LogP contribution in [0.25, 0.3) is 34.0 Å². The highest BCUT2D eigenvalue weighted by atomic mass is 32.2. The summed E-state index contributed by atoms with van der Waals surface area (Å²) in [6.45, 7) is 3.26. The number of nitrogens with two attached hydrogens (primary N) is 1. The minimum atomic E-state index is -3.38. The molecular formula is C22H19N5O5S. The Hall–Kier alpha value is -4.12. The van der Waals surface area contributed by atoms with Crippen molar-refractivity contribution in [1.29, 1.82) is 0 Å². The van der Waals surface area contributed by atoms with Crippen LogP contribution >= 0.6 is 0 Å². The van der Waals surface area contributed by atoms with Crippen molar-refractivity contribution in [2.75, 3.05) is 5.73 Å². The van der Waals surface area contributed by atoms with Crippen LogP contribution < -0.4 is 5.73 Å². The third-order valence-corrected chi connectivity index (χ3v) is 7.19. The Kier molecular flexibility index (Phi) is 5.64. The number of nitrogens with zero attached hydrogens (tertiary/aromatic N) is 4. The van der Waals surface area contributed by atoms with E-state index in [1.54, 1.807) is 44.2 Å². The summed E-state index contributed by atoms with van der Waals surface area (Å²) >= 11 is 0. The SMILES string of the molecule is CC(C)S(=O)(=O)c1ccc(-c2cnc(N)c(-c3cc(-c4ccc([N+](=O)[O-])cc4)no3)n2)cc1. The number of sulfone groups is 1. The molecule has 0 atom stereocenters. The van der Waals surface area contributed by atoms with Gasteiger partial charge in [0.15, 0.2) is 27.1 Å². The third kappa shape index (κ3) is 4.30. The number of benzene rings is 2. The first-order valence-corrected chi connectivity index (χ1v) is 11.4. The van der Waals surface area contributed by atoms with Gasteiger partial charge in [-0.2, -0.15) is 0 Å². The molecule has 0 radical (unpaired) electrons. The molecule has 4 rings (SSSR count). The van der Waals surface area contributed by atoms with Crippen LogP contribution in [0.1, 0.15) is 13.8 Å². The first-order chi connectivity index (χ1) is 15.7. The molecule has 10 nitrogen and oxygen atoms in total. The Morgan fingerprint density at radius 3 is 2.21 bits per heavy atom. The summed E-state index contributed by atoms with van der Waals surface area (Å²) in [5, 5.41) is 14.3. The van der Waals surface area contributed by atoms with Crippen molar-refractivity contribution in [1.82, 2.24) is 15.1 Å². The zero-order chi connectivity index (χ0) is 23.8. The van der Waals surface area contributed by atoms with Crippen molar-refractivity contribution in [2.24, 2.45) is 0 Å². The first kappa shape index (κ1) is 22.1. The topological polar surface area (TPSA) is 155 Å². The number of non-ortho nitro benzene ring substituents is 1. The van der Waals surface area contributed by atoms with E-state index in [1.165, 1.54) is 30.5 Å². The number of nitro benzene ring substituents is 1. The van der Waals surface area contributed by atoms with Gasteiger partial charge in [0.25, 0.3) is 5.69 Å². The van der Waals surface area contributed by atoms with E-state index in [0.29, 0.717) is 22.5 Å². The van der Waals surface area contributed by atoms with E-state index in [0.717, 1.165) is 0 Å². The predicted molar refractivity (Wildman–Crippen MR) is 122 cm³/mol. The van der Waals surface area contributed by atoms with Gasteiger partial charge in [-0.1, -0.05) is 17.3 Å². The molecule has 0 fully saturated rings. The summed E-state index contributed by atoms with van der Waals surface area (Å²) in [7, 11) is -3.38. The van der Waals surface area contributed by atoms with Gasteiger partial charge in [-0.15, -0.1) is 0 Å². The fraction of sp³-hybridized carbons (Fsp3) is 0.136. The molecule has 0 aliphatic carbocycles. The summed E-state index contributed by atoms with van der Waals surface area (Å²) in [4.78, 5) is 19.3. The van der Waals surface area contributed by atoms with Crippen molar-refractivity contribution in [3.63, 3.8) is 0 Å². The van der Waals surface area contributed by atoms with Crippen molar-refractivity contribution in [3.05, 3.63) is 70.9 Å². The number of rotatable bonds is 6. The molecule has 0 saturated heterocycles. The molecule has 0 aliphatic rings. The lowest BCUT2D eigenvalue weighted by atomic mass is 10.1. The summed E-state index contributed by atoms with van der Waals surface area (Å²) in [5.74, 6) is 0.401. The van der Waals surface area contributed by atoms with E-state index in [4.69, 9.17) is 10.3 Å². The standard InChI is InChI=1S/C22H19N5O5S/c1-13(2)33(30,31)17-9-5-15(6-10-17)19-12-24-22(23)21(25-19)20-11-18(26-32-20)14-3-7-16(8-4-14)27(28)29/h3-13H,1-2H3,(H2,23,24). The second kappa shape index (κ2) is 8.43. The average molecular weight is 465 g/mol. The fourth-order valence-electron chi connectivity index (χ4n) is 3.08. The maximum absolute atomic E-state index is 12.3. The van der Waals surface area contributed by atoms with Gasteiger partial charge >= 0.3 is 0 Å². The first-order valence-electron chi connectivity index (χ1n) is 9.85. The molecule has 0 amide bonds. The lowest BCUT2D eigenvalue weighted by Gasteiger charge is -2.09. The molecule has 0 spiro atoms. The average Bonchev–Trinajstić information content (AvgIpc) is 3.29. The highest BCUT2D eigenvalue weighted by Gasteiger charge is 2.20. The lowest BCUT2D eigenvalue weighted by Crippen LogP contribution is -2.13. The summed E-state index contributed by atoms with van der Waals surface area (Å²) in [6, 6.07) is 13.9. The van der Waals surface area contributed by atoms with Crippen LogP contribution in [0.2, 0.25) is 0 Å². The van der Waals surface area contributed by atoms with E-state index < -0.39 is 20.0 Å². The number of aromatic nitrogens is 3. The van der Waals surface area contributed by atoms with Crippen LogP contribution in [0, 0.1) is 10.1 Å². The van der Waals surface area contributed by atoms with Crippen LogP contribution in [0.5, 0.6) is 0 Å². The minimum Gasteiger partial charge on any atom is -0.382 e. The lowest BCUT2D eigenvalue weighted by molar-refractivity contribution is -0.384. The van der Waals surface area contributed by atoms with Gasteiger partial charge in [0.2, 0.25) is 0 Å². The van der Waals surface area contributed by atoms with Crippen molar-refractivity contribution < 1.29 is 17.9 Å². The zero-order valence-electron chi connectivity index (χ0n) is 17.7. The van der Waals surface area contributed by atoms with E-state index in [-0.39, 0.29) is 27.9 Å². The Morgan fingerprint density at radius 1 is 1.00 bits per heavy atom. The molecule has 168 valence electrons. The summed E-state index contributed by atoms with van der Waals surface area (Å²) in [6.07, 6.45) is 1.48. The van der Waals surface area contributed by atoms with E-state index in [9.17, 15) is 18.5 Å². The van der Waals surface area contributed by atoms with E-state index in [1.807, 2.05) is 0 Å². The van der Waals surface area contributed by atoms with Gasteiger partial charge < -0.3 is 10.3 Å². The molecule has 0 bridgehead atoms. The van der Waals surface area contributed by atoms with Crippen LogP contribution in [0.3, 0.4) is 0 Å². The van der Waals surface area contributed by atoms with E-state index >= 15 is 0 Å². The molecule has 11 heteroatoms. The molecular weight excluding hydrogens is 446 g/mol. The smallest absolute Gasteiger partial charge is 0.269 e. The number of nitrogen functional groups attached to an aromatic ring is 1. The second-order valence-corrected chi connectivity index (χ2v) is 9.99. The molecule has 2 aromatic heterocycles. The maximum Gasteiger partial charge on any atom is 0.269 e. The molecule has 0 aliphatic heterocycles. The maximum atomic E-state index is 12.3. The molecule has 2 heterocycles. The molecule has 2 N–H and O–H groups in total. The number of nitro groups is 1. The number of hydrogen-bond donors (Lipinski definition) is 1. The van der Waals surface area contributed by atoms with Gasteiger partial charge in [0.05, 0.1) is 27.0 Å². The fourth-order valence-corrected chi connectivity index (χ4v) is 4.14. The van der Waals surface area contributed by atoms with Gasteiger partial charge in [0, 0.05) is 29.3 Å². The molecule has 4 aromatic rings. The highest BCUT2D eigenvalue weighted by molar-refractivity contribution is 7.92. The molecule has 2 aromatic carbocycles. The van der Waals surface area contributed by atoms with Gasteiger partial charge in [-0.05, 0) is 38.1 Å². The van der Waals surface area contributed by atoms with Gasteiger partial charge in [0.1, 0.15) is 5.69 Å². The van der Waals surface area contributed by atoms with Crippen LogP contribution in [-0.4, -0.2) is 33.7 Å². The van der Waals surface area contributed by atoms with Crippen molar-refractivity contribution in [3.8, 4) is 34.0 Å². The van der Waals surface area contributed by atoms with Crippen LogP contribution in [0.4, 0.5) is 11.5 Å². The largest absolute Gasteiger partial charge is 0.382 e. The zero-order valence-corrected chi connectivity index (χ0v) is 18.5. The summed E-state index contributed by atoms with van der Waals surface area (Å²) in [5.41, 5.74) is 8.45. The van der Waals surface area contributed by atoms with Crippen molar-refractivity contribution in [2.45, 2.75) is 24.0 Å². The normalized spacial score (nSPS) is 11.6. The number of anilines is 1. The van der Waals surface area contributed by atoms with Crippen LogP contribution in [0.15, 0.2) is 70.2 Å². The predicted octanol–water partition coefficient (Wildman–Crippen LogP) is 4.14. The molecule has 0 unspecified atom stereocenters. The summed E-state index contributed by atoms with van der Waals surface area (Å²) < 4.78 is 30.1. The second-order valence-electron chi connectivity index (χ2n) is 7.49. The van der Waals surface area contributed by atoms with Crippen LogP contribution in [-0.2, 0) is 9.84 Å². The quantitative estimate of drug-likeness (QED) is 0.326. The van der Waals surface area contributed by atoms with Gasteiger partial charge in [-0.25, -0.2) is 18.4 Å². The Labute approximate surface area is 189 Å². The van der Waals surface area contributed by atoms with E-state index in [2.05, 4.69) is 15.1 Å². The monoisotopic (exact) mass is 465 g/mol. The van der Waals surface area contributed by atoms with Crippen molar-refractivity contribution >= 4 is 21.3 Å². The Morgan fingerprint density at radius 2 is 1.61 bits per heavy atom. The number of hydrogen-bond acceptors (Lipinski definition) is 9.